The van der Waals surface area contributed by atoms with Crippen molar-refractivity contribution in [2.45, 2.75) is 6.92 Å². The van der Waals surface area contributed by atoms with E-state index in [1.54, 1.807) is 24.3 Å². The van der Waals surface area contributed by atoms with Gasteiger partial charge in [0.05, 0.1) is 12.6 Å². The van der Waals surface area contributed by atoms with Crippen LogP contribution in [-0.4, -0.2) is 19.2 Å². The molecule has 1 rings (SSSR count). The van der Waals surface area contributed by atoms with Crippen LogP contribution in [-0.2, 0) is 4.79 Å². The minimum atomic E-state index is -1.25. The quantitative estimate of drug-likeness (QED) is 0.502. The fourth-order valence-electron chi connectivity index (χ4n) is 0.981. The van der Waals surface area contributed by atoms with Crippen molar-refractivity contribution in [1.82, 2.24) is 0 Å². The van der Waals surface area contributed by atoms with E-state index in [2.05, 4.69) is 0 Å². The number of carbonyl (C=O) groups is 1. The first-order chi connectivity index (χ1) is 6.74. The normalized spacial score (nSPS) is 8.87. The maximum atomic E-state index is 10.2. The van der Waals surface area contributed by atoms with Gasteiger partial charge >= 0.3 is 29.6 Å². The second kappa shape index (κ2) is 7.56. The number of aliphatic carboxylic acids is 1. The van der Waals surface area contributed by atoms with Crippen molar-refractivity contribution in [3.05, 3.63) is 24.3 Å². The molecule has 0 bridgehead atoms. The Labute approximate surface area is 110 Å². The molecule has 0 spiro atoms. The summed E-state index contributed by atoms with van der Waals surface area (Å²) in [7, 11) is 0. The van der Waals surface area contributed by atoms with Crippen LogP contribution in [0.5, 0.6) is 11.5 Å². The fraction of sp³-hybridized carbons (Fsp3) is 0.300. The van der Waals surface area contributed by atoms with Crippen LogP contribution < -0.4 is 44.1 Å². The fourth-order valence-corrected chi connectivity index (χ4v) is 0.981. The SMILES string of the molecule is CCOc1ccccc1OCC(=O)[O-].[Na+]. The van der Waals surface area contributed by atoms with E-state index in [1.807, 2.05) is 6.92 Å². The summed E-state index contributed by atoms with van der Waals surface area (Å²) in [5, 5.41) is 10.2. The summed E-state index contributed by atoms with van der Waals surface area (Å²) >= 11 is 0. The number of carboxylic acids is 1. The predicted octanol–water partition coefficient (Wildman–Crippen LogP) is -2.78. The Kier molecular flexibility index (Phi) is 7.21. The molecule has 15 heavy (non-hydrogen) atoms. The number of ether oxygens (including phenoxy) is 2. The largest absolute Gasteiger partial charge is 1.00 e. The maximum absolute atomic E-state index is 10.2. The van der Waals surface area contributed by atoms with Crippen LogP contribution in [0.25, 0.3) is 0 Å². The number of carbonyl (C=O) groups excluding carboxylic acids is 1. The minimum absolute atomic E-state index is 0. The molecule has 0 fully saturated rings. The molecule has 0 heterocycles. The molecule has 0 atom stereocenters. The van der Waals surface area contributed by atoms with Crippen LogP contribution in [0.15, 0.2) is 24.3 Å². The van der Waals surface area contributed by atoms with Crippen LogP contribution in [0.1, 0.15) is 6.92 Å². The topological polar surface area (TPSA) is 58.6 Å². The van der Waals surface area contributed by atoms with Gasteiger partial charge in [-0.15, -0.1) is 0 Å². The third-order valence-electron chi connectivity index (χ3n) is 1.49. The van der Waals surface area contributed by atoms with E-state index in [0.29, 0.717) is 18.1 Å². The molecule has 0 aliphatic carbocycles. The zero-order chi connectivity index (χ0) is 10.4. The first-order valence-corrected chi connectivity index (χ1v) is 4.28. The van der Waals surface area contributed by atoms with Crippen molar-refractivity contribution >= 4 is 5.97 Å². The Morgan fingerprint density at radius 2 is 1.80 bits per heavy atom. The molecule has 76 valence electrons. The Bertz CT molecular complexity index is 314. The molecular formula is C10H11NaO4. The van der Waals surface area contributed by atoms with Crippen molar-refractivity contribution in [1.29, 1.82) is 0 Å². The molecule has 1 aromatic carbocycles. The zero-order valence-electron chi connectivity index (χ0n) is 8.86. The molecule has 4 nitrogen and oxygen atoms in total. The Morgan fingerprint density at radius 3 is 2.27 bits per heavy atom. The van der Waals surface area contributed by atoms with E-state index < -0.39 is 12.6 Å². The Balaban J connectivity index is 0.00000196. The Hall–Kier alpha value is -0.710. The number of hydrogen-bond acceptors (Lipinski definition) is 4. The molecule has 0 saturated carbocycles. The third kappa shape index (κ3) is 5.06. The van der Waals surface area contributed by atoms with Crippen molar-refractivity contribution in [3.63, 3.8) is 0 Å². The molecule has 0 aromatic heterocycles. The summed E-state index contributed by atoms with van der Waals surface area (Å²) in [5.41, 5.74) is 0. The molecule has 0 saturated heterocycles. The zero-order valence-corrected chi connectivity index (χ0v) is 10.9. The molecule has 0 amide bonds. The van der Waals surface area contributed by atoms with Crippen molar-refractivity contribution in [2.75, 3.05) is 13.2 Å². The molecule has 0 N–H and O–H groups in total. The standard InChI is InChI=1S/C10H12O4.Na/c1-2-13-8-5-3-4-6-9(8)14-7-10(11)12;/h3-6H,2,7H2,1H3,(H,11,12);/q;+1/p-1. The summed E-state index contributed by atoms with van der Waals surface area (Å²) in [4.78, 5) is 10.2. The van der Waals surface area contributed by atoms with Gasteiger partial charge in [0.15, 0.2) is 11.5 Å². The van der Waals surface area contributed by atoms with Crippen LogP contribution in [0.2, 0.25) is 0 Å². The molecule has 0 unspecified atom stereocenters. The molecule has 5 heteroatoms. The second-order valence-corrected chi connectivity index (χ2v) is 2.54. The summed E-state index contributed by atoms with van der Waals surface area (Å²) in [5.74, 6) is -0.300. The Morgan fingerprint density at radius 1 is 1.27 bits per heavy atom. The van der Waals surface area contributed by atoms with Gasteiger partial charge in [-0.3, -0.25) is 0 Å². The van der Waals surface area contributed by atoms with Crippen LogP contribution in [0, 0.1) is 0 Å². The maximum Gasteiger partial charge on any atom is 1.00 e. The van der Waals surface area contributed by atoms with Gasteiger partial charge in [0.25, 0.3) is 0 Å². The molecule has 0 radical (unpaired) electrons. The minimum Gasteiger partial charge on any atom is -0.546 e. The van der Waals surface area contributed by atoms with Crippen LogP contribution in [0.3, 0.4) is 0 Å². The summed E-state index contributed by atoms with van der Waals surface area (Å²) in [6.45, 7) is 1.88. The summed E-state index contributed by atoms with van der Waals surface area (Å²) in [6, 6.07) is 6.89. The first-order valence-electron chi connectivity index (χ1n) is 4.28. The van der Waals surface area contributed by atoms with Crippen molar-refractivity contribution in [3.8, 4) is 11.5 Å². The first kappa shape index (κ1) is 14.3. The number of carboxylic acid groups (broad SMARTS) is 1. The number of hydrogen-bond donors (Lipinski definition) is 0. The predicted molar refractivity (Wildman–Crippen MR) is 48.1 cm³/mol. The van der Waals surface area contributed by atoms with E-state index in [1.165, 1.54) is 0 Å². The van der Waals surface area contributed by atoms with Crippen molar-refractivity contribution < 1.29 is 48.9 Å². The summed E-state index contributed by atoms with van der Waals surface area (Å²) in [6.07, 6.45) is 0. The van der Waals surface area contributed by atoms with E-state index >= 15 is 0 Å². The van der Waals surface area contributed by atoms with Crippen LogP contribution >= 0.6 is 0 Å². The summed E-state index contributed by atoms with van der Waals surface area (Å²) < 4.78 is 10.2. The molecule has 0 aliphatic rings. The number of rotatable bonds is 5. The number of benzene rings is 1. The van der Waals surface area contributed by atoms with Gasteiger partial charge in [-0.25, -0.2) is 0 Å². The van der Waals surface area contributed by atoms with E-state index in [9.17, 15) is 9.90 Å². The van der Waals surface area contributed by atoms with Gasteiger partial charge in [-0.05, 0) is 19.1 Å². The molecule has 0 aliphatic heterocycles. The number of para-hydroxylation sites is 2. The van der Waals surface area contributed by atoms with Gasteiger partial charge in [0.1, 0.15) is 6.61 Å². The molecule has 1 aromatic rings. The van der Waals surface area contributed by atoms with E-state index in [-0.39, 0.29) is 29.6 Å². The molecular weight excluding hydrogens is 207 g/mol. The van der Waals surface area contributed by atoms with Gasteiger partial charge in [0, 0.05) is 0 Å². The van der Waals surface area contributed by atoms with E-state index in [0.717, 1.165) is 0 Å². The third-order valence-corrected chi connectivity index (χ3v) is 1.49. The smallest absolute Gasteiger partial charge is 0.546 e. The van der Waals surface area contributed by atoms with Gasteiger partial charge < -0.3 is 19.4 Å². The van der Waals surface area contributed by atoms with E-state index in [4.69, 9.17) is 9.47 Å². The average molecular weight is 218 g/mol. The second-order valence-electron chi connectivity index (χ2n) is 2.54. The van der Waals surface area contributed by atoms with Gasteiger partial charge in [-0.1, -0.05) is 12.1 Å². The van der Waals surface area contributed by atoms with Gasteiger partial charge in [-0.2, -0.15) is 0 Å². The average Bonchev–Trinajstić information content (AvgIpc) is 2.17. The van der Waals surface area contributed by atoms with Gasteiger partial charge in [0.2, 0.25) is 0 Å². The van der Waals surface area contributed by atoms with Crippen molar-refractivity contribution in [2.24, 2.45) is 0 Å². The van der Waals surface area contributed by atoms with Crippen LogP contribution in [0.4, 0.5) is 0 Å². The monoisotopic (exact) mass is 218 g/mol.